The molecule has 1 fully saturated rings. The average Bonchev–Trinajstić information content (AvgIpc) is 2.98. The van der Waals surface area contributed by atoms with Gasteiger partial charge in [0.2, 0.25) is 0 Å². The van der Waals surface area contributed by atoms with Crippen molar-refractivity contribution >= 4 is 18.2 Å². The van der Waals surface area contributed by atoms with E-state index in [0.29, 0.717) is 4.90 Å². The third-order valence-corrected chi connectivity index (χ3v) is 5.73. The third-order valence-electron chi connectivity index (χ3n) is 5.43. The summed E-state index contributed by atoms with van der Waals surface area (Å²) < 4.78 is 44.4. The van der Waals surface area contributed by atoms with Crippen molar-refractivity contribution in [3.8, 4) is 5.75 Å². The molecule has 1 N–H and O–H groups in total. The fraction of sp³-hybridized carbons (Fsp3) is 0.231. The molecule has 0 atom stereocenters. The highest BCUT2D eigenvalue weighted by Crippen LogP contribution is 2.36. The number of alkyl halides is 3. The van der Waals surface area contributed by atoms with Gasteiger partial charge in [0.05, 0.1) is 6.54 Å². The minimum atomic E-state index is -4.63. The highest BCUT2D eigenvalue weighted by molar-refractivity contribution is 7.80. The summed E-state index contributed by atoms with van der Waals surface area (Å²) in [6.07, 6.45) is -2.44. The molecule has 7 heteroatoms. The van der Waals surface area contributed by atoms with Crippen LogP contribution >= 0.6 is 12.6 Å². The van der Waals surface area contributed by atoms with Gasteiger partial charge in [-0.15, -0.1) is 25.8 Å². The van der Waals surface area contributed by atoms with Crippen molar-refractivity contribution in [2.24, 2.45) is 0 Å². The molecular weight excluding hydrogens is 447 g/mol. The van der Waals surface area contributed by atoms with Crippen molar-refractivity contribution in [2.45, 2.75) is 24.1 Å². The van der Waals surface area contributed by atoms with Crippen molar-refractivity contribution in [1.82, 2.24) is 5.32 Å². The number of hydrogen-bond donors (Lipinski definition) is 2. The Morgan fingerprint density at radius 2 is 1.39 bits per heavy atom. The molecule has 0 aromatic heterocycles. The van der Waals surface area contributed by atoms with E-state index in [-0.39, 0.29) is 5.75 Å². The Morgan fingerprint density at radius 3 is 1.91 bits per heavy atom. The second-order valence-corrected chi connectivity index (χ2v) is 8.20. The largest absolute Gasteiger partial charge is 0.573 e. The van der Waals surface area contributed by atoms with E-state index in [0.717, 1.165) is 38.3 Å². The fourth-order valence-electron chi connectivity index (χ4n) is 3.99. The maximum atomic E-state index is 11.6. The number of nitrogens with one attached hydrogen (secondary N) is 1. The van der Waals surface area contributed by atoms with E-state index >= 15 is 0 Å². The van der Waals surface area contributed by atoms with Crippen LogP contribution in [-0.2, 0) is 17.6 Å². The average molecular weight is 472 g/mol. The van der Waals surface area contributed by atoms with Gasteiger partial charge in [-0.25, -0.2) is 0 Å². The van der Waals surface area contributed by atoms with Gasteiger partial charge in [-0.3, -0.25) is 0 Å². The molecule has 0 saturated carbocycles. The number of hydrogen-bond acceptors (Lipinski definition) is 4. The number of thiol groups is 1. The molecule has 33 heavy (non-hydrogen) atoms. The van der Waals surface area contributed by atoms with E-state index < -0.39 is 6.36 Å². The first-order valence-electron chi connectivity index (χ1n) is 10.7. The van der Waals surface area contributed by atoms with E-state index in [4.69, 9.17) is 4.74 Å². The molecule has 0 amide bonds. The van der Waals surface area contributed by atoms with E-state index in [1.165, 1.54) is 52.1 Å². The molecule has 1 saturated heterocycles. The first-order valence-corrected chi connectivity index (χ1v) is 11.1. The lowest BCUT2D eigenvalue weighted by Gasteiger charge is -2.23. The summed E-state index contributed by atoms with van der Waals surface area (Å²) in [5.74, 6) is 0.850. The molecule has 3 aromatic carbocycles. The molecule has 3 aromatic rings. The monoisotopic (exact) mass is 471 g/mol. The number of halogens is 3. The predicted octanol–water partition coefficient (Wildman–Crippen LogP) is 6.04. The Labute approximate surface area is 196 Å². The van der Waals surface area contributed by atoms with Crippen LogP contribution in [0.3, 0.4) is 0 Å². The van der Waals surface area contributed by atoms with Gasteiger partial charge in [0.15, 0.2) is 0 Å². The summed E-state index contributed by atoms with van der Waals surface area (Å²) in [5, 5.41) is 3.43. The highest BCUT2D eigenvalue weighted by Gasteiger charge is 2.30. The van der Waals surface area contributed by atoms with Gasteiger partial charge in [-0.2, -0.15) is 0 Å². The van der Waals surface area contributed by atoms with E-state index in [1.807, 2.05) is 0 Å². The van der Waals surface area contributed by atoms with Gasteiger partial charge >= 0.3 is 6.36 Å². The Bertz CT molecular complexity index is 1070. The molecule has 1 aliphatic heterocycles. The van der Waals surface area contributed by atoms with Crippen LogP contribution in [0.5, 0.6) is 5.75 Å². The lowest BCUT2D eigenvalue weighted by atomic mass is 9.92. The topological polar surface area (TPSA) is 30.5 Å². The van der Waals surface area contributed by atoms with Crippen LogP contribution in [0.2, 0.25) is 0 Å². The summed E-state index contributed by atoms with van der Waals surface area (Å²) in [6, 6.07) is 22.7. The molecule has 0 spiro atoms. The smallest absolute Gasteiger partial charge is 0.495 e. The van der Waals surface area contributed by atoms with Crippen LogP contribution in [0.1, 0.15) is 22.3 Å². The second kappa shape index (κ2) is 10.4. The van der Waals surface area contributed by atoms with Gasteiger partial charge in [0, 0.05) is 17.0 Å². The van der Waals surface area contributed by atoms with Crippen LogP contribution in [-0.4, -0.2) is 26.1 Å². The number of fused-ring (bicyclic) bond motifs is 2. The summed E-state index contributed by atoms with van der Waals surface area (Å²) in [7, 11) is 0. The fourth-order valence-corrected chi connectivity index (χ4v) is 4.14. The zero-order valence-corrected chi connectivity index (χ0v) is 18.8. The first kappa shape index (κ1) is 23.3. The number of ether oxygens (including phenoxy) is 2. The predicted molar refractivity (Wildman–Crippen MR) is 126 cm³/mol. The standard InChI is InChI=1S/C19H19NO.C7H5F3OS/c1-3-7-16-14(5-1)9-10-15-6-2-4-8-17(15)19(16)18-13-20-11-12-21-18;8-7(9,10)11-5-1-3-6(12)4-2-5/h1-8,20H,9-13H2;1-4,12H. The summed E-state index contributed by atoms with van der Waals surface area (Å²) in [4.78, 5) is 0.588. The lowest BCUT2D eigenvalue weighted by Crippen LogP contribution is -2.30. The zero-order chi connectivity index (χ0) is 23.3. The molecule has 0 bridgehead atoms. The molecule has 3 nitrogen and oxygen atoms in total. The van der Waals surface area contributed by atoms with Crippen molar-refractivity contribution in [3.05, 3.63) is 101 Å². The summed E-state index contributed by atoms with van der Waals surface area (Å²) in [6.45, 7) is 2.50. The van der Waals surface area contributed by atoms with Gasteiger partial charge < -0.3 is 14.8 Å². The molecule has 0 unspecified atom stereocenters. The Kier molecular flexibility index (Phi) is 7.30. The third kappa shape index (κ3) is 6.12. The van der Waals surface area contributed by atoms with Crippen LogP contribution in [0.15, 0.2) is 83.5 Å². The second-order valence-electron chi connectivity index (χ2n) is 7.68. The quantitative estimate of drug-likeness (QED) is 0.425. The molecule has 5 rings (SSSR count). The van der Waals surface area contributed by atoms with Gasteiger partial charge in [-0.05, 0) is 59.4 Å². The minimum absolute atomic E-state index is 0.236. The normalized spacial score (nSPS) is 15.3. The number of morpholine rings is 1. The van der Waals surface area contributed by atoms with Gasteiger partial charge in [0.1, 0.15) is 18.1 Å². The van der Waals surface area contributed by atoms with Crippen molar-refractivity contribution in [3.63, 3.8) is 0 Å². The van der Waals surface area contributed by atoms with Crippen LogP contribution in [0, 0.1) is 0 Å². The van der Waals surface area contributed by atoms with Crippen molar-refractivity contribution in [2.75, 3.05) is 19.7 Å². The number of aryl methyl sites for hydroxylation is 2. The molecular formula is C26H24F3NO2S. The van der Waals surface area contributed by atoms with Gasteiger partial charge in [0.25, 0.3) is 0 Å². The minimum Gasteiger partial charge on any atom is -0.495 e. The maximum Gasteiger partial charge on any atom is 0.573 e. The van der Waals surface area contributed by atoms with Crippen LogP contribution in [0.4, 0.5) is 13.2 Å². The zero-order valence-electron chi connectivity index (χ0n) is 17.9. The van der Waals surface area contributed by atoms with E-state index in [1.54, 1.807) is 0 Å². The summed E-state index contributed by atoms with van der Waals surface area (Å²) >= 11 is 3.91. The molecule has 1 aliphatic carbocycles. The number of rotatable bonds is 1. The lowest BCUT2D eigenvalue weighted by molar-refractivity contribution is -0.274. The number of benzene rings is 3. The van der Waals surface area contributed by atoms with E-state index in [2.05, 4.69) is 71.2 Å². The van der Waals surface area contributed by atoms with Crippen LogP contribution < -0.4 is 10.1 Å². The molecule has 172 valence electrons. The molecule has 2 aliphatic rings. The highest BCUT2D eigenvalue weighted by atomic mass is 32.1. The van der Waals surface area contributed by atoms with Crippen LogP contribution in [0.25, 0.3) is 5.57 Å². The Morgan fingerprint density at radius 1 is 0.818 bits per heavy atom. The van der Waals surface area contributed by atoms with Gasteiger partial charge in [-0.1, -0.05) is 48.5 Å². The molecule has 0 radical (unpaired) electrons. The SMILES string of the molecule is FC(F)(F)Oc1ccc(S)cc1.c1ccc2c(c1)CCc1ccccc1C2=C1CNCCO1. The Hall–Kier alpha value is -2.90. The van der Waals surface area contributed by atoms with E-state index in [9.17, 15) is 13.2 Å². The Balaban J connectivity index is 0.000000185. The first-order chi connectivity index (χ1) is 15.9. The maximum absolute atomic E-state index is 11.6. The summed E-state index contributed by atoms with van der Waals surface area (Å²) in [5.41, 5.74) is 6.80. The van der Waals surface area contributed by atoms with Crippen molar-refractivity contribution in [1.29, 1.82) is 0 Å². The van der Waals surface area contributed by atoms with Crippen molar-refractivity contribution < 1.29 is 22.6 Å². The molecule has 1 heterocycles.